The molecule has 0 saturated heterocycles. The highest BCUT2D eigenvalue weighted by Crippen LogP contribution is 2.10. The summed E-state index contributed by atoms with van der Waals surface area (Å²) in [6.07, 6.45) is 0.0428. The number of carbonyl (C=O) groups excluding carboxylic acids is 1. The zero-order chi connectivity index (χ0) is 15.3. The maximum absolute atomic E-state index is 11.6. The Balaban J connectivity index is 2.38. The van der Waals surface area contributed by atoms with Gasteiger partial charge in [0.25, 0.3) is 0 Å². The quantitative estimate of drug-likeness (QED) is 0.723. The normalized spacial score (nSPS) is 12.0. The Morgan fingerprint density at radius 2 is 2.00 bits per heavy atom. The molecule has 0 saturated carbocycles. The van der Waals surface area contributed by atoms with Gasteiger partial charge in [0.1, 0.15) is 0 Å². The molecule has 1 atom stereocenters. The lowest BCUT2D eigenvalue weighted by Crippen LogP contribution is -2.37. The van der Waals surface area contributed by atoms with Gasteiger partial charge in [-0.15, -0.1) is 0 Å². The summed E-state index contributed by atoms with van der Waals surface area (Å²) in [6, 6.07) is -0.301. The highest BCUT2D eigenvalue weighted by Gasteiger charge is 2.12. The molecular formula is C13H22N4O3. The molecule has 1 aromatic rings. The molecule has 112 valence electrons. The van der Waals surface area contributed by atoms with Gasteiger partial charge in [-0.25, -0.2) is 4.79 Å². The third-order valence-electron chi connectivity index (χ3n) is 3.22. The van der Waals surface area contributed by atoms with Crippen molar-refractivity contribution in [1.29, 1.82) is 0 Å². The molecule has 3 N–H and O–H groups in total. The number of nitrogens with one attached hydrogen (secondary N) is 2. The van der Waals surface area contributed by atoms with Crippen LogP contribution >= 0.6 is 0 Å². The molecular weight excluding hydrogens is 260 g/mol. The SMILES string of the molecule is Cc1nn(C)c(C)c1CNC(=O)NCC(C)CC(=O)O. The minimum atomic E-state index is -0.860. The minimum Gasteiger partial charge on any atom is -0.481 e. The van der Waals surface area contributed by atoms with Crippen LogP contribution in [0.5, 0.6) is 0 Å². The lowest BCUT2D eigenvalue weighted by molar-refractivity contribution is -0.137. The largest absolute Gasteiger partial charge is 0.481 e. The van der Waals surface area contributed by atoms with Crippen molar-refractivity contribution < 1.29 is 14.7 Å². The Labute approximate surface area is 118 Å². The molecule has 0 aliphatic rings. The van der Waals surface area contributed by atoms with Crippen LogP contribution in [0.3, 0.4) is 0 Å². The third kappa shape index (κ3) is 4.56. The van der Waals surface area contributed by atoms with Gasteiger partial charge in [0, 0.05) is 37.8 Å². The maximum Gasteiger partial charge on any atom is 0.315 e. The predicted octanol–water partition coefficient (Wildman–Crippen LogP) is 0.947. The highest BCUT2D eigenvalue weighted by atomic mass is 16.4. The van der Waals surface area contributed by atoms with E-state index in [0.717, 1.165) is 17.0 Å². The van der Waals surface area contributed by atoms with E-state index in [0.29, 0.717) is 13.1 Å². The Morgan fingerprint density at radius 3 is 2.50 bits per heavy atom. The van der Waals surface area contributed by atoms with Gasteiger partial charge in [-0.05, 0) is 19.8 Å². The van der Waals surface area contributed by atoms with E-state index < -0.39 is 5.97 Å². The van der Waals surface area contributed by atoms with Gasteiger partial charge in [0.15, 0.2) is 0 Å². The second kappa shape index (κ2) is 6.93. The average Bonchev–Trinajstić information content (AvgIpc) is 2.58. The van der Waals surface area contributed by atoms with Crippen molar-refractivity contribution >= 4 is 12.0 Å². The molecule has 0 aliphatic carbocycles. The van der Waals surface area contributed by atoms with Crippen molar-refractivity contribution in [2.45, 2.75) is 33.7 Å². The fraction of sp³-hybridized carbons (Fsp3) is 0.615. The smallest absolute Gasteiger partial charge is 0.315 e. The van der Waals surface area contributed by atoms with E-state index in [2.05, 4.69) is 15.7 Å². The number of carboxylic acid groups (broad SMARTS) is 1. The van der Waals surface area contributed by atoms with Crippen LogP contribution in [0.2, 0.25) is 0 Å². The van der Waals surface area contributed by atoms with Gasteiger partial charge in [-0.2, -0.15) is 5.10 Å². The summed E-state index contributed by atoms with van der Waals surface area (Å²) >= 11 is 0. The zero-order valence-corrected chi connectivity index (χ0v) is 12.4. The Morgan fingerprint density at radius 1 is 1.35 bits per heavy atom. The van der Waals surface area contributed by atoms with Crippen molar-refractivity contribution in [2.75, 3.05) is 6.54 Å². The molecule has 0 aliphatic heterocycles. The van der Waals surface area contributed by atoms with Gasteiger partial charge < -0.3 is 15.7 Å². The first-order valence-corrected chi connectivity index (χ1v) is 6.53. The van der Waals surface area contributed by atoms with E-state index >= 15 is 0 Å². The van der Waals surface area contributed by atoms with Crippen LogP contribution in [0.4, 0.5) is 4.79 Å². The summed E-state index contributed by atoms with van der Waals surface area (Å²) in [4.78, 5) is 22.1. The second-order valence-corrected chi connectivity index (χ2v) is 5.04. The van der Waals surface area contributed by atoms with Crippen LogP contribution in [-0.4, -0.2) is 33.4 Å². The summed E-state index contributed by atoms with van der Waals surface area (Å²) in [7, 11) is 1.86. The first kappa shape index (κ1) is 16.0. The first-order chi connectivity index (χ1) is 9.31. The average molecular weight is 282 g/mol. The van der Waals surface area contributed by atoms with Crippen LogP contribution < -0.4 is 10.6 Å². The number of rotatable bonds is 6. The van der Waals surface area contributed by atoms with Gasteiger partial charge in [0.05, 0.1) is 5.69 Å². The molecule has 0 radical (unpaired) electrons. The lowest BCUT2D eigenvalue weighted by atomic mass is 10.1. The molecule has 0 bridgehead atoms. The Bertz CT molecular complexity index is 496. The minimum absolute atomic E-state index is 0.0428. The number of aryl methyl sites for hydroxylation is 2. The van der Waals surface area contributed by atoms with E-state index in [-0.39, 0.29) is 18.4 Å². The molecule has 7 heteroatoms. The number of nitrogens with zero attached hydrogens (tertiary/aromatic N) is 2. The summed E-state index contributed by atoms with van der Waals surface area (Å²) in [5.41, 5.74) is 2.91. The molecule has 1 heterocycles. The molecule has 0 aromatic carbocycles. The van der Waals surface area contributed by atoms with Crippen molar-refractivity contribution in [3.63, 3.8) is 0 Å². The van der Waals surface area contributed by atoms with Gasteiger partial charge in [-0.3, -0.25) is 9.48 Å². The number of carbonyl (C=O) groups is 2. The van der Waals surface area contributed by atoms with Crippen LogP contribution in [0, 0.1) is 19.8 Å². The maximum atomic E-state index is 11.6. The number of hydrogen-bond acceptors (Lipinski definition) is 3. The second-order valence-electron chi connectivity index (χ2n) is 5.04. The predicted molar refractivity (Wildman–Crippen MR) is 74.3 cm³/mol. The van der Waals surface area contributed by atoms with E-state index in [4.69, 9.17) is 5.11 Å². The van der Waals surface area contributed by atoms with Gasteiger partial charge in [-0.1, -0.05) is 6.92 Å². The number of carboxylic acids is 1. The van der Waals surface area contributed by atoms with Crippen LogP contribution in [0.15, 0.2) is 0 Å². The molecule has 0 fully saturated rings. The number of urea groups is 1. The van der Waals surface area contributed by atoms with E-state index in [1.54, 1.807) is 11.6 Å². The fourth-order valence-corrected chi connectivity index (χ4v) is 1.94. The third-order valence-corrected chi connectivity index (χ3v) is 3.22. The highest BCUT2D eigenvalue weighted by molar-refractivity contribution is 5.74. The number of amides is 2. The number of hydrogen-bond donors (Lipinski definition) is 3. The van der Waals surface area contributed by atoms with Crippen molar-refractivity contribution in [3.05, 3.63) is 17.0 Å². The van der Waals surface area contributed by atoms with Crippen molar-refractivity contribution in [2.24, 2.45) is 13.0 Å². The molecule has 7 nitrogen and oxygen atoms in total. The van der Waals surface area contributed by atoms with Crippen LogP contribution in [-0.2, 0) is 18.4 Å². The molecule has 1 aromatic heterocycles. The van der Waals surface area contributed by atoms with Gasteiger partial charge in [0.2, 0.25) is 0 Å². The summed E-state index contributed by atoms with van der Waals surface area (Å²) in [5, 5.41) is 18.3. The standard InChI is InChI=1S/C13H22N4O3/c1-8(5-12(18)19)6-14-13(20)15-7-11-9(2)16-17(4)10(11)3/h8H,5-7H2,1-4H3,(H,18,19)(H2,14,15,20). The van der Waals surface area contributed by atoms with Crippen molar-refractivity contribution in [3.8, 4) is 0 Å². The molecule has 0 spiro atoms. The molecule has 20 heavy (non-hydrogen) atoms. The monoisotopic (exact) mass is 282 g/mol. The summed E-state index contributed by atoms with van der Waals surface area (Å²) < 4.78 is 1.78. The summed E-state index contributed by atoms with van der Waals surface area (Å²) in [6.45, 7) is 6.37. The first-order valence-electron chi connectivity index (χ1n) is 6.53. The lowest BCUT2D eigenvalue weighted by Gasteiger charge is -2.11. The van der Waals surface area contributed by atoms with E-state index in [1.807, 2.05) is 20.9 Å². The van der Waals surface area contributed by atoms with Crippen LogP contribution in [0.1, 0.15) is 30.3 Å². The zero-order valence-electron chi connectivity index (χ0n) is 12.4. The van der Waals surface area contributed by atoms with E-state index in [1.165, 1.54) is 0 Å². The van der Waals surface area contributed by atoms with Gasteiger partial charge >= 0.3 is 12.0 Å². The molecule has 1 rings (SSSR count). The van der Waals surface area contributed by atoms with Crippen molar-refractivity contribution in [1.82, 2.24) is 20.4 Å². The number of aromatic nitrogens is 2. The van der Waals surface area contributed by atoms with Crippen LogP contribution in [0.25, 0.3) is 0 Å². The Hall–Kier alpha value is -2.05. The topological polar surface area (TPSA) is 96.3 Å². The number of aliphatic carboxylic acids is 1. The molecule has 1 unspecified atom stereocenters. The summed E-state index contributed by atoms with van der Waals surface area (Å²) in [5.74, 6) is -0.957. The Kier molecular flexibility index (Phi) is 5.54. The van der Waals surface area contributed by atoms with E-state index in [9.17, 15) is 9.59 Å². The fourth-order valence-electron chi connectivity index (χ4n) is 1.94. The molecule has 2 amide bonds.